The Morgan fingerprint density at radius 1 is 1.21 bits per heavy atom. The molecule has 11 heteroatoms. The van der Waals surface area contributed by atoms with E-state index in [4.69, 9.17) is 45.3 Å². The van der Waals surface area contributed by atoms with Crippen molar-refractivity contribution >= 4 is 69.6 Å². The number of pyridine rings is 1. The number of nitrogens with zero attached hydrogens (tertiary/aromatic N) is 2. The number of para-hydroxylation sites is 2. The number of anilines is 3. The van der Waals surface area contributed by atoms with Crippen molar-refractivity contribution in [2.45, 2.75) is 12.8 Å². The smallest absolute Gasteiger partial charge is 0.359 e. The minimum Gasteiger partial charge on any atom is -0.451 e. The van der Waals surface area contributed by atoms with Gasteiger partial charge in [0.1, 0.15) is 5.02 Å². The van der Waals surface area contributed by atoms with Crippen LogP contribution in [0.15, 0.2) is 24.3 Å². The molecule has 0 radical (unpaired) electrons. The van der Waals surface area contributed by atoms with Gasteiger partial charge >= 0.3 is 5.97 Å². The predicted octanol–water partition coefficient (Wildman–Crippen LogP) is 3.55. The molecule has 3 rings (SSSR count). The molecule has 1 aromatic heterocycles. The minimum atomic E-state index is -0.988. The number of carbonyl (C=O) groups excluding carboxylic acids is 3. The van der Waals surface area contributed by atoms with Crippen LogP contribution in [0.5, 0.6) is 0 Å². The van der Waals surface area contributed by atoms with Crippen LogP contribution in [-0.4, -0.2) is 35.9 Å². The molecule has 0 bridgehead atoms. The lowest BCUT2D eigenvalue weighted by Crippen LogP contribution is -2.27. The van der Waals surface area contributed by atoms with Crippen LogP contribution < -0.4 is 16.0 Å². The van der Waals surface area contributed by atoms with Gasteiger partial charge in [0.25, 0.3) is 5.91 Å². The summed E-state index contributed by atoms with van der Waals surface area (Å²) in [4.78, 5) is 41.8. The van der Waals surface area contributed by atoms with E-state index in [1.54, 1.807) is 29.2 Å². The van der Waals surface area contributed by atoms with Crippen molar-refractivity contribution in [3.8, 4) is 0 Å². The average molecular weight is 458 g/mol. The zero-order chi connectivity index (χ0) is 21.1. The Bertz CT molecular complexity index is 999. The number of nitrogens with one attached hydrogen (secondary N) is 1. The highest BCUT2D eigenvalue weighted by Gasteiger charge is 2.25. The number of halogens is 3. The minimum absolute atomic E-state index is 0.0175. The van der Waals surface area contributed by atoms with Gasteiger partial charge in [-0.05, 0) is 18.6 Å². The second-order valence-corrected chi connectivity index (χ2v) is 7.20. The molecule has 152 valence electrons. The number of carbonyl (C=O) groups is 3. The van der Waals surface area contributed by atoms with Gasteiger partial charge in [0, 0.05) is 13.0 Å². The summed E-state index contributed by atoms with van der Waals surface area (Å²) >= 11 is 17.6. The largest absolute Gasteiger partial charge is 0.451 e. The highest BCUT2D eigenvalue weighted by atomic mass is 35.5. The first-order chi connectivity index (χ1) is 13.8. The lowest BCUT2D eigenvalue weighted by atomic mass is 10.2. The van der Waals surface area contributed by atoms with Crippen molar-refractivity contribution in [3.63, 3.8) is 0 Å². The number of nitrogens with two attached hydrogens (primary N) is 1. The van der Waals surface area contributed by atoms with Crippen LogP contribution in [0.1, 0.15) is 23.3 Å². The van der Waals surface area contributed by atoms with Gasteiger partial charge in [-0.3, -0.25) is 9.59 Å². The maximum absolute atomic E-state index is 12.3. The van der Waals surface area contributed by atoms with Crippen LogP contribution in [0.25, 0.3) is 0 Å². The third kappa shape index (κ3) is 4.55. The highest BCUT2D eigenvalue weighted by molar-refractivity contribution is 6.46. The molecular formula is C18H15Cl3N4O4. The SMILES string of the molecule is Nc1c(Cl)c(Cl)nc(C(=O)OCC(=O)Nc2ccccc2N2CCCC2=O)c1Cl. The summed E-state index contributed by atoms with van der Waals surface area (Å²) in [7, 11) is 0. The van der Waals surface area contributed by atoms with E-state index in [2.05, 4.69) is 10.3 Å². The predicted molar refractivity (Wildman–Crippen MR) is 111 cm³/mol. The zero-order valence-electron chi connectivity index (χ0n) is 14.9. The number of rotatable bonds is 5. The van der Waals surface area contributed by atoms with Gasteiger partial charge in [-0.1, -0.05) is 46.9 Å². The van der Waals surface area contributed by atoms with E-state index in [1.807, 2.05) is 0 Å². The summed E-state index contributed by atoms with van der Waals surface area (Å²) < 4.78 is 4.94. The molecule has 1 aliphatic heterocycles. The molecule has 0 spiro atoms. The number of aromatic nitrogens is 1. The van der Waals surface area contributed by atoms with Gasteiger partial charge in [0.05, 0.1) is 22.1 Å². The molecule has 1 fully saturated rings. The van der Waals surface area contributed by atoms with Gasteiger partial charge in [-0.25, -0.2) is 9.78 Å². The highest BCUT2D eigenvalue weighted by Crippen LogP contribution is 2.34. The Morgan fingerprint density at radius 2 is 1.93 bits per heavy atom. The van der Waals surface area contributed by atoms with Crippen LogP contribution in [0.4, 0.5) is 17.1 Å². The molecule has 8 nitrogen and oxygen atoms in total. The number of benzene rings is 1. The van der Waals surface area contributed by atoms with E-state index < -0.39 is 18.5 Å². The Morgan fingerprint density at radius 3 is 2.62 bits per heavy atom. The van der Waals surface area contributed by atoms with Gasteiger partial charge in [-0.2, -0.15) is 0 Å². The first kappa shape index (κ1) is 21.2. The molecule has 1 saturated heterocycles. The van der Waals surface area contributed by atoms with E-state index >= 15 is 0 Å². The molecule has 2 amide bonds. The fourth-order valence-corrected chi connectivity index (χ4v) is 3.36. The van der Waals surface area contributed by atoms with Gasteiger partial charge in [0.15, 0.2) is 17.5 Å². The lowest BCUT2D eigenvalue weighted by Gasteiger charge is -2.19. The molecule has 0 saturated carbocycles. The number of esters is 1. The monoisotopic (exact) mass is 456 g/mol. The third-order valence-corrected chi connectivity index (χ3v) is 5.28. The first-order valence-corrected chi connectivity index (χ1v) is 9.59. The topological polar surface area (TPSA) is 115 Å². The molecule has 0 aliphatic carbocycles. The maximum atomic E-state index is 12.3. The second-order valence-electron chi connectivity index (χ2n) is 6.08. The van der Waals surface area contributed by atoms with Gasteiger partial charge in [-0.15, -0.1) is 0 Å². The van der Waals surface area contributed by atoms with Crippen LogP contribution in [-0.2, 0) is 14.3 Å². The Hall–Kier alpha value is -2.55. The van der Waals surface area contributed by atoms with Crippen LogP contribution in [0, 0.1) is 0 Å². The van der Waals surface area contributed by atoms with Crippen LogP contribution in [0.2, 0.25) is 15.2 Å². The Balaban J connectivity index is 1.67. The van der Waals surface area contributed by atoms with Crippen molar-refractivity contribution in [2.75, 3.05) is 29.1 Å². The first-order valence-electron chi connectivity index (χ1n) is 8.46. The number of ether oxygens (including phenoxy) is 1. The molecule has 0 unspecified atom stereocenters. The number of nitrogen functional groups attached to an aromatic ring is 1. The molecule has 3 N–H and O–H groups in total. The summed E-state index contributed by atoms with van der Waals surface area (Å²) in [5, 5.41) is 2.11. The maximum Gasteiger partial charge on any atom is 0.359 e. The fraction of sp³-hybridized carbons (Fsp3) is 0.222. The normalized spacial score (nSPS) is 13.5. The molecular weight excluding hydrogens is 443 g/mol. The van der Waals surface area contributed by atoms with Crippen molar-refractivity contribution < 1.29 is 19.1 Å². The quantitative estimate of drug-likeness (QED) is 0.524. The summed E-state index contributed by atoms with van der Waals surface area (Å²) in [6.45, 7) is -0.0388. The van der Waals surface area contributed by atoms with E-state index in [9.17, 15) is 14.4 Å². The Kier molecular flexibility index (Phi) is 6.46. The number of hydrogen-bond acceptors (Lipinski definition) is 6. The van der Waals surface area contributed by atoms with Gasteiger partial charge < -0.3 is 20.7 Å². The molecule has 2 heterocycles. The van der Waals surface area contributed by atoms with E-state index in [0.29, 0.717) is 24.3 Å². The van der Waals surface area contributed by atoms with E-state index in [-0.39, 0.29) is 32.5 Å². The second kappa shape index (κ2) is 8.86. The standard InChI is InChI=1S/C18H15Cl3N4O4/c19-13-15(22)14(20)17(21)24-16(13)18(28)29-8-11(26)23-9-4-1-2-5-10(9)25-7-3-6-12(25)27/h1-2,4-5H,3,6-8H2,(H2,22,24)(H,23,26). The molecule has 0 atom stereocenters. The van der Waals surface area contributed by atoms with Crippen molar-refractivity contribution in [1.29, 1.82) is 0 Å². The summed E-state index contributed by atoms with van der Waals surface area (Å²) in [6, 6.07) is 6.86. The Labute approximate surface area is 180 Å². The van der Waals surface area contributed by atoms with Crippen molar-refractivity contribution in [3.05, 3.63) is 45.2 Å². The van der Waals surface area contributed by atoms with E-state index in [0.717, 1.165) is 6.42 Å². The van der Waals surface area contributed by atoms with Crippen molar-refractivity contribution in [1.82, 2.24) is 4.98 Å². The van der Waals surface area contributed by atoms with Crippen LogP contribution >= 0.6 is 34.8 Å². The zero-order valence-corrected chi connectivity index (χ0v) is 17.1. The molecule has 1 aromatic carbocycles. The van der Waals surface area contributed by atoms with Crippen molar-refractivity contribution in [2.24, 2.45) is 0 Å². The summed E-state index contributed by atoms with van der Waals surface area (Å²) in [6.07, 6.45) is 1.21. The lowest BCUT2D eigenvalue weighted by molar-refractivity contribution is -0.119. The molecule has 29 heavy (non-hydrogen) atoms. The van der Waals surface area contributed by atoms with E-state index in [1.165, 1.54) is 0 Å². The molecule has 2 aromatic rings. The van der Waals surface area contributed by atoms with Crippen LogP contribution in [0.3, 0.4) is 0 Å². The number of hydrogen-bond donors (Lipinski definition) is 2. The molecule has 1 aliphatic rings. The average Bonchev–Trinajstić information content (AvgIpc) is 3.13. The third-order valence-electron chi connectivity index (χ3n) is 4.14. The summed E-state index contributed by atoms with van der Waals surface area (Å²) in [5.41, 5.74) is 6.20. The fourth-order valence-electron chi connectivity index (χ4n) is 2.77. The van der Waals surface area contributed by atoms with Gasteiger partial charge in [0.2, 0.25) is 5.91 Å². The summed E-state index contributed by atoms with van der Waals surface area (Å²) in [5.74, 6) is -1.61. The number of amides is 2.